The van der Waals surface area contributed by atoms with Crippen LogP contribution in [-0.4, -0.2) is 11.1 Å². The summed E-state index contributed by atoms with van der Waals surface area (Å²) in [6.45, 7) is 0.228. The highest BCUT2D eigenvalue weighted by Crippen LogP contribution is 2.29. The number of aromatic hydroxyl groups is 1. The van der Waals surface area contributed by atoms with Crippen molar-refractivity contribution in [1.29, 1.82) is 0 Å². The van der Waals surface area contributed by atoms with Gasteiger partial charge in [-0.05, 0) is 42.5 Å². The molecule has 5 nitrogen and oxygen atoms in total. The summed E-state index contributed by atoms with van der Waals surface area (Å²) >= 11 is 6.06. The fraction of sp³-hybridized carbons (Fsp3) is 0.0500. The van der Waals surface area contributed by atoms with E-state index in [1.165, 1.54) is 0 Å². The Morgan fingerprint density at radius 3 is 2.38 bits per heavy atom. The number of para-hydroxylation sites is 2. The van der Waals surface area contributed by atoms with Crippen molar-refractivity contribution >= 4 is 23.3 Å². The second kappa shape index (κ2) is 8.27. The van der Waals surface area contributed by atoms with E-state index in [0.29, 0.717) is 27.8 Å². The average Bonchev–Trinajstić information content (AvgIpc) is 2.64. The first-order chi connectivity index (χ1) is 12.6. The summed E-state index contributed by atoms with van der Waals surface area (Å²) in [7, 11) is 0. The van der Waals surface area contributed by atoms with Gasteiger partial charge in [-0.15, -0.1) is 0 Å². The number of rotatable bonds is 5. The van der Waals surface area contributed by atoms with Crippen LogP contribution in [0.4, 0.5) is 10.5 Å². The molecule has 0 heterocycles. The van der Waals surface area contributed by atoms with Crippen LogP contribution >= 0.6 is 11.6 Å². The van der Waals surface area contributed by atoms with Gasteiger partial charge in [-0.1, -0.05) is 41.9 Å². The number of phenolic OH excluding ortho intramolecular Hbond substituents is 1. The van der Waals surface area contributed by atoms with Crippen molar-refractivity contribution in [3.63, 3.8) is 0 Å². The molecule has 0 saturated heterocycles. The molecule has 0 spiro atoms. The number of amides is 2. The molecule has 0 atom stereocenters. The molecule has 3 rings (SSSR count). The van der Waals surface area contributed by atoms with Crippen LogP contribution in [-0.2, 0) is 6.54 Å². The van der Waals surface area contributed by atoms with E-state index >= 15 is 0 Å². The number of nitrogens with one attached hydrogen (secondary N) is 2. The Morgan fingerprint density at radius 2 is 1.65 bits per heavy atom. The molecule has 0 aliphatic carbocycles. The van der Waals surface area contributed by atoms with Crippen LogP contribution in [0.15, 0.2) is 72.8 Å². The third-order valence-corrected chi connectivity index (χ3v) is 3.92. The van der Waals surface area contributed by atoms with Gasteiger partial charge in [-0.2, -0.15) is 0 Å². The van der Waals surface area contributed by atoms with Crippen LogP contribution in [0.5, 0.6) is 17.2 Å². The molecule has 0 aliphatic heterocycles. The van der Waals surface area contributed by atoms with Crippen molar-refractivity contribution in [3.8, 4) is 17.2 Å². The molecule has 0 saturated carbocycles. The number of hydrogen-bond donors (Lipinski definition) is 3. The Balaban J connectivity index is 1.54. The fourth-order valence-corrected chi connectivity index (χ4v) is 2.45. The molecule has 6 heteroatoms. The molecule has 0 unspecified atom stereocenters. The molecule has 0 fully saturated rings. The molecule has 2 amide bonds. The number of phenols is 1. The summed E-state index contributed by atoms with van der Waals surface area (Å²) in [4.78, 5) is 12.0. The molecule has 26 heavy (non-hydrogen) atoms. The van der Waals surface area contributed by atoms with Crippen LogP contribution in [0.3, 0.4) is 0 Å². The molecule has 3 aromatic carbocycles. The fourth-order valence-electron chi connectivity index (χ4n) is 2.27. The average molecular weight is 369 g/mol. The van der Waals surface area contributed by atoms with Gasteiger partial charge in [0.05, 0.1) is 5.02 Å². The van der Waals surface area contributed by atoms with E-state index in [-0.39, 0.29) is 18.3 Å². The van der Waals surface area contributed by atoms with Gasteiger partial charge in [-0.3, -0.25) is 0 Å². The number of halogens is 1. The highest BCUT2D eigenvalue weighted by atomic mass is 35.5. The van der Waals surface area contributed by atoms with Crippen molar-refractivity contribution in [3.05, 3.63) is 83.4 Å². The van der Waals surface area contributed by atoms with E-state index in [9.17, 15) is 9.90 Å². The van der Waals surface area contributed by atoms with Crippen LogP contribution in [0, 0.1) is 0 Å². The smallest absolute Gasteiger partial charge is 0.319 e. The molecular formula is C20H17ClN2O3. The largest absolute Gasteiger partial charge is 0.508 e. The zero-order chi connectivity index (χ0) is 18.4. The first-order valence-electron chi connectivity index (χ1n) is 7.96. The monoisotopic (exact) mass is 368 g/mol. The molecular weight excluding hydrogens is 352 g/mol. The van der Waals surface area contributed by atoms with Gasteiger partial charge >= 0.3 is 6.03 Å². The Bertz CT molecular complexity index is 898. The number of benzene rings is 3. The Kier molecular flexibility index (Phi) is 5.61. The number of hydrogen-bond acceptors (Lipinski definition) is 3. The van der Waals surface area contributed by atoms with Crippen LogP contribution in [0.2, 0.25) is 5.02 Å². The van der Waals surface area contributed by atoms with Gasteiger partial charge in [0, 0.05) is 17.8 Å². The molecule has 3 aromatic rings. The summed E-state index contributed by atoms with van der Waals surface area (Å²) in [5, 5.41) is 15.6. The van der Waals surface area contributed by atoms with E-state index in [0.717, 1.165) is 0 Å². The predicted octanol–water partition coefficient (Wildman–Crippen LogP) is 5.16. The predicted molar refractivity (Wildman–Crippen MR) is 102 cm³/mol. The van der Waals surface area contributed by atoms with Gasteiger partial charge in [0.15, 0.2) is 0 Å². The quantitative estimate of drug-likeness (QED) is 0.582. The van der Waals surface area contributed by atoms with E-state index < -0.39 is 0 Å². The lowest BCUT2D eigenvalue weighted by atomic mass is 10.2. The summed E-state index contributed by atoms with van der Waals surface area (Å²) in [5.41, 5.74) is 1.26. The maximum atomic E-state index is 12.0. The summed E-state index contributed by atoms with van der Waals surface area (Å²) in [5.74, 6) is 1.32. The number of carbonyl (C=O) groups is 1. The maximum Gasteiger partial charge on any atom is 0.319 e. The van der Waals surface area contributed by atoms with Crippen molar-refractivity contribution in [2.24, 2.45) is 0 Å². The lowest BCUT2D eigenvalue weighted by Gasteiger charge is -2.10. The second-order valence-corrected chi connectivity index (χ2v) is 5.90. The third-order valence-electron chi connectivity index (χ3n) is 3.61. The maximum absolute atomic E-state index is 12.0. The Morgan fingerprint density at radius 1 is 0.962 bits per heavy atom. The topological polar surface area (TPSA) is 70.6 Å². The van der Waals surface area contributed by atoms with E-state index in [1.807, 2.05) is 12.1 Å². The molecule has 0 bridgehead atoms. The van der Waals surface area contributed by atoms with Gasteiger partial charge in [-0.25, -0.2) is 4.79 Å². The number of anilines is 1. The minimum atomic E-state index is -0.368. The first-order valence-corrected chi connectivity index (χ1v) is 8.34. The third kappa shape index (κ3) is 4.68. The highest BCUT2D eigenvalue weighted by Gasteiger charge is 2.06. The lowest BCUT2D eigenvalue weighted by Crippen LogP contribution is -2.28. The molecule has 0 aliphatic rings. The highest BCUT2D eigenvalue weighted by molar-refractivity contribution is 6.32. The molecule has 132 valence electrons. The number of ether oxygens (including phenoxy) is 1. The Labute approximate surface area is 156 Å². The van der Waals surface area contributed by atoms with E-state index in [1.54, 1.807) is 60.7 Å². The van der Waals surface area contributed by atoms with Crippen LogP contribution in [0.25, 0.3) is 0 Å². The van der Waals surface area contributed by atoms with Crippen molar-refractivity contribution < 1.29 is 14.6 Å². The molecule has 3 N–H and O–H groups in total. The lowest BCUT2D eigenvalue weighted by molar-refractivity contribution is 0.251. The molecule has 0 radical (unpaired) electrons. The number of carbonyl (C=O) groups excluding carboxylic acids is 1. The second-order valence-electron chi connectivity index (χ2n) is 5.49. The standard InChI is InChI=1S/C20H17ClN2O3/c21-17-6-2-4-8-19(17)26-16-11-9-15(10-12-16)23-20(25)22-13-14-5-1-3-7-18(14)24/h1-12,24H,13H2,(H2,22,23,25). The zero-order valence-corrected chi connectivity index (χ0v) is 14.5. The first kappa shape index (κ1) is 17.6. The molecule has 0 aromatic heterocycles. The Hall–Kier alpha value is -3.18. The van der Waals surface area contributed by atoms with Crippen molar-refractivity contribution in [2.75, 3.05) is 5.32 Å². The van der Waals surface area contributed by atoms with Crippen LogP contribution in [0.1, 0.15) is 5.56 Å². The van der Waals surface area contributed by atoms with E-state index in [2.05, 4.69) is 10.6 Å². The van der Waals surface area contributed by atoms with Gasteiger partial charge in [0.2, 0.25) is 0 Å². The SMILES string of the molecule is O=C(NCc1ccccc1O)Nc1ccc(Oc2ccccc2Cl)cc1. The van der Waals surface area contributed by atoms with Crippen LogP contribution < -0.4 is 15.4 Å². The summed E-state index contributed by atoms with van der Waals surface area (Å²) in [6.07, 6.45) is 0. The summed E-state index contributed by atoms with van der Waals surface area (Å²) in [6, 6.07) is 20.6. The van der Waals surface area contributed by atoms with E-state index in [4.69, 9.17) is 16.3 Å². The number of urea groups is 1. The summed E-state index contributed by atoms with van der Waals surface area (Å²) < 4.78 is 5.70. The van der Waals surface area contributed by atoms with Gasteiger partial charge in [0.25, 0.3) is 0 Å². The normalized spacial score (nSPS) is 10.2. The van der Waals surface area contributed by atoms with Gasteiger partial charge < -0.3 is 20.5 Å². The minimum absolute atomic E-state index is 0.147. The van der Waals surface area contributed by atoms with Crippen molar-refractivity contribution in [2.45, 2.75) is 6.54 Å². The van der Waals surface area contributed by atoms with Crippen molar-refractivity contribution in [1.82, 2.24) is 5.32 Å². The minimum Gasteiger partial charge on any atom is -0.508 e. The zero-order valence-electron chi connectivity index (χ0n) is 13.8. The van der Waals surface area contributed by atoms with Gasteiger partial charge in [0.1, 0.15) is 17.2 Å².